The van der Waals surface area contributed by atoms with Gasteiger partial charge in [-0.25, -0.2) is 4.98 Å². The molecule has 0 bridgehead atoms. The maximum atomic E-state index is 6.45. The Hall–Kier alpha value is -3.65. The number of ether oxygens (including phenoxy) is 6. The summed E-state index contributed by atoms with van der Waals surface area (Å²) in [6.07, 6.45) is 0.918. The normalized spacial score (nSPS) is 12.6. The van der Waals surface area contributed by atoms with Crippen LogP contribution >= 0.6 is 0 Å². The molecule has 0 atom stereocenters. The van der Waals surface area contributed by atoms with Crippen LogP contribution in [0.4, 0.5) is 0 Å². The van der Waals surface area contributed by atoms with Gasteiger partial charge < -0.3 is 33.3 Å². The number of fused-ring (bicyclic) bond motifs is 6. The third-order valence-corrected chi connectivity index (χ3v) is 6.77. The maximum absolute atomic E-state index is 6.45. The maximum Gasteiger partial charge on any atom is 0.231 e. The monoisotopic (exact) mass is 492 g/mol. The number of rotatable bonds is 10. The van der Waals surface area contributed by atoms with Gasteiger partial charge in [0, 0.05) is 22.7 Å². The highest BCUT2D eigenvalue weighted by atomic mass is 16.7. The number of hydrogen-bond acceptors (Lipinski definition) is 8. The molecular weight excluding hydrogens is 460 g/mol. The lowest BCUT2D eigenvalue weighted by Gasteiger charge is -2.19. The molecule has 0 N–H and O–H groups in total. The van der Waals surface area contributed by atoms with Crippen LogP contribution < -0.4 is 28.4 Å². The van der Waals surface area contributed by atoms with Gasteiger partial charge in [0.2, 0.25) is 12.7 Å². The second-order valence-electron chi connectivity index (χ2n) is 8.63. The molecule has 8 heteroatoms. The smallest absolute Gasteiger partial charge is 0.231 e. The van der Waals surface area contributed by atoms with E-state index in [0.29, 0.717) is 35.5 Å². The molecule has 0 amide bonds. The van der Waals surface area contributed by atoms with Gasteiger partial charge in [0.25, 0.3) is 0 Å². The van der Waals surface area contributed by atoms with Crippen LogP contribution in [0, 0.1) is 0 Å². The van der Waals surface area contributed by atoms with Crippen LogP contribution in [0.15, 0.2) is 30.3 Å². The molecule has 0 radical (unpaired) electrons. The van der Waals surface area contributed by atoms with Crippen molar-refractivity contribution < 1.29 is 28.4 Å². The number of hydrogen-bond donors (Lipinski definition) is 0. The van der Waals surface area contributed by atoms with Crippen molar-refractivity contribution in [2.75, 3.05) is 54.4 Å². The Morgan fingerprint density at radius 1 is 0.806 bits per heavy atom. The van der Waals surface area contributed by atoms with Crippen LogP contribution in [0.3, 0.4) is 0 Å². The lowest BCUT2D eigenvalue weighted by Crippen LogP contribution is -2.25. The van der Waals surface area contributed by atoms with Crippen LogP contribution in [0.1, 0.15) is 20.3 Å². The summed E-state index contributed by atoms with van der Waals surface area (Å²) in [6.45, 7) is 8.18. The van der Waals surface area contributed by atoms with Gasteiger partial charge in [-0.15, -0.1) is 0 Å². The van der Waals surface area contributed by atoms with Gasteiger partial charge in [-0.3, -0.25) is 0 Å². The van der Waals surface area contributed by atoms with E-state index in [1.54, 1.807) is 21.3 Å². The first kappa shape index (κ1) is 24.1. The van der Waals surface area contributed by atoms with Crippen molar-refractivity contribution in [1.82, 2.24) is 9.88 Å². The van der Waals surface area contributed by atoms with Crippen molar-refractivity contribution in [2.45, 2.75) is 20.3 Å². The molecule has 190 valence electrons. The Morgan fingerprint density at radius 2 is 1.50 bits per heavy atom. The molecule has 1 aliphatic heterocycles. The third kappa shape index (κ3) is 4.15. The van der Waals surface area contributed by atoms with Crippen LogP contribution in [-0.4, -0.2) is 64.2 Å². The number of benzene rings is 3. The van der Waals surface area contributed by atoms with Gasteiger partial charge in [-0.2, -0.15) is 0 Å². The van der Waals surface area contributed by atoms with Gasteiger partial charge in [0.1, 0.15) is 5.75 Å². The Labute approximate surface area is 210 Å². The summed E-state index contributed by atoms with van der Waals surface area (Å²) in [5, 5.41) is 4.50. The van der Waals surface area contributed by atoms with E-state index >= 15 is 0 Å². The van der Waals surface area contributed by atoms with Gasteiger partial charge >= 0.3 is 0 Å². The average molecular weight is 493 g/mol. The van der Waals surface area contributed by atoms with E-state index in [1.165, 1.54) is 0 Å². The molecule has 3 aromatic carbocycles. The highest BCUT2D eigenvalue weighted by Gasteiger charge is 2.22. The molecule has 2 heterocycles. The molecule has 1 aromatic heterocycles. The van der Waals surface area contributed by atoms with E-state index < -0.39 is 0 Å². The predicted octanol–water partition coefficient (Wildman–Crippen LogP) is 5.41. The zero-order valence-corrected chi connectivity index (χ0v) is 21.5. The quantitative estimate of drug-likeness (QED) is 0.215. The van der Waals surface area contributed by atoms with Crippen molar-refractivity contribution in [3.8, 4) is 34.6 Å². The zero-order chi connectivity index (χ0) is 25.2. The molecule has 4 aromatic rings. The zero-order valence-electron chi connectivity index (χ0n) is 21.5. The highest BCUT2D eigenvalue weighted by molar-refractivity contribution is 6.20. The van der Waals surface area contributed by atoms with Gasteiger partial charge in [-0.1, -0.05) is 13.8 Å². The van der Waals surface area contributed by atoms with Crippen molar-refractivity contribution in [1.29, 1.82) is 0 Å². The molecule has 0 saturated heterocycles. The molecule has 8 nitrogen and oxygen atoms in total. The fraction of sp³-hybridized carbons (Fsp3) is 0.393. The highest BCUT2D eigenvalue weighted by Crippen LogP contribution is 2.46. The third-order valence-electron chi connectivity index (χ3n) is 6.77. The van der Waals surface area contributed by atoms with Crippen molar-refractivity contribution in [3.05, 3.63) is 30.3 Å². The van der Waals surface area contributed by atoms with Crippen LogP contribution in [0.2, 0.25) is 0 Å². The minimum absolute atomic E-state index is 0.203. The van der Waals surface area contributed by atoms with E-state index in [-0.39, 0.29) is 6.79 Å². The van der Waals surface area contributed by atoms with E-state index in [9.17, 15) is 0 Å². The van der Waals surface area contributed by atoms with E-state index in [2.05, 4.69) is 24.8 Å². The summed E-state index contributed by atoms with van der Waals surface area (Å²) in [4.78, 5) is 7.34. The van der Waals surface area contributed by atoms with Crippen molar-refractivity contribution in [2.24, 2.45) is 0 Å². The van der Waals surface area contributed by atoms with Crippen LogP contribution in [0.25, 0.3) is 32.4 Å². The summed E-state index contributed by atoms with van der Waals surface area (Å²) in [6, 6.07) is 9.87. The Bertz CT molecular complexity index is 1420. The van der Waals surface area contributed by atoms with E-state index in [0.717, 1.165) is 64.3 Å². The second-order valence-corrected chi connectivity index (χ2v) is 8.63. The van der Waals surface area contributed by atoms with Crippen LogP contribution in [-0.2, 0) is 0 Å². The number of nitrogens with zero attached hydrogens (tertiary/aromatic N) is 2. The Kier molecular flexibility index (Phi) is 6.78. The molecule has 0 saturated carbocycles. The largest absolute Gasteiger partial charge is 0.493 e. The number of aromatic nitrogens is 1. The minimum atomic E-state index is 0.203. The van der Waals surface area contributed by atoms with E-state index in [1.807, 2.05) is 24.3 Å². The average Bonchev–Trinajstić information content (AvgIpc) is 3.37. The molecule has 0 unspecified atom stereocenters. The summed E-state index contributed by atoms with van der Waals surface area (Å²) in [5.74, 6) is 3.89. The molecule has 0 spiro atoms. The Balaban J connectivity index is 1.74. The van der Waals surface area contributed by atoms with Gasteiger partial charge in [-0.05, 0) is 55.2 Å². The molecule has 0 fully saturated rings. The fourth-order valence-corrected chi connectivity index (χ4v) is 4.83. The molecular formula is C28H32N2O6. The fourth-order valence-electron chi connectivity index (χ4n) is 4.83. The topological polar surface area (TPSA) is 71.5 Å². The van der Waals surface area contributed by atoms with Crippen LogP contribution in [0.5, 0.6) is 34.6 Å². The SMILES string of the molecule is CCN(CC)CCCOc1cc2cc3c(cc2c2nc(OC)c4cc(OC)c(OC)cc4c12)OCO3. The summed E-state index contributed by atoms with van der Waals surface area (Å²) in [7, 11) is 4.87. The molecule has 5 rings (SSSR count). The summed E-state index contributed by atoms with van der Waals surface area (Å²) >= 11 is 0. The molecule has 1 aliphatic rings. The molecule has 0 aliphatic carbocycles. The van der Waals surface area contributed by atoms with E-state index in [4.69, 9.17) is 33.4 Å². The van der Waals surface area contributed by atoms with Gasteiger partial charge in [0.05, 0.1) is 38.8 Å². The number of pyridine rings is 1. The second kappa shape index (κ2) is 10.1. The van der Waals surface area contributed by atoms with Gasteiger partial charge in [0.15, 0.2) is 23.0 Å². The van der Waals surface area contributed by atoms with Crippen molar-refractivity contribution in [3.63, 3.8) is 0 Å². The lowest BCUT2D eigenvalue weighted by atomic mass is 9.99. The first-order valence-corrected chi connectivity index (χ1v) is 12.3. The summed E-state index contributed by atoms with van der Waals surface area (Å²) in [5.41, 5.74) is 0.765. The lowest BCUT2D eigenvalue weighted by molar-refractivity contribution is 0.174. The van der Waals surface area contributed by atoms with Crippen molar-refractivity contribution >= 4 is 32.4 Å². The standard InChI is InChI=1S/C28H32N2O6/c1-6-30(7-2)9-8-10-34-25-12-17-11-23-24(36-16-35-23)13-18(17)27-26(25)19-14-21(31-3)22(32-4)15-20(19)28(29-27)33-5/h11-15H,6-10,16H2,1-5H3. The minimum Gasteiger partial charge on any atom is -0.493 e. The first-order valence-electron chi connectivity index (χ1n) is 12.3. The molecule has 36 heavy (non-hydrogen) atoms. The summed E-state index contributed by atoms with van der Waals surface area (Å²) < 4.78 is 34.7. The Morgan fingerprint density at radius 3 is 2.17 bits per heavy atom. The number of methoxy groups -OCH3 is 3. The first-order chi connectivity index (χ1) is 17.6. The predicted molar refractivity (Wildman–Crippen MR) is 140 cm³/mol.